The first-order valence-corrected chi connectivity index (χ1v) is 6.76. The Morgan fingerprint density at radius 3 is 2.59 bits per heavy atom. The quantitative estimate of drug-likeness (QED) is 0.849. The molecule has 1 unspecified atom stereocenters. The molecule has 1 saturated carbocycles. The number of aromatic nitrogens is 2. The Labute approximate surface area is 104 Å². The van der Waals surface area contributed by atoms with Crippen LogP contribution in [0.1, 0.15) is 81.5 Å². The minimum absolute atomic E-state index is 0.00352. The van der Waals surface area contributed by atoms with E-state index >= 15 is 0 Å². The van der Waals surface area contributed by atoms with Crippen LogP contribution >= 0.6 is 0 Å². The maximum atomic E-state index is 6.14. The predicted octanol–water partition coefficient (Wildman–Crippen LogP) is 3.28. The maximum absolute atomic E-state index is 6.14. The first-order chi connectivity index (χ1) is 8.11. The standard InChI is InChI=1S/C14H23N3/c1-4-5-11(15)14-16-12(9(2)3)8-13(17-14)10-6-7-10/h8-11H,4-7,15H2,1-3H3. The highest BCUT2D eigenvalue weighted by molar-refractivity contribution is 5.21. The van der Waals surface area contributed by atoms with Gasteiger partial charge in [-0.3, -0.25) is 0 Å². The molecule has 94 valence electrons. The molecule has 1 aromatic heterocycles. The molecular formula is C14H23N3. The lowest BCUT2D eigenvalue weighted by Gasteiger charge is -2.14. The summed E-state index contributed by atoms with van der Waals surface area (Å²) in [6.45, 7) is 6.50. The van der Waals surface area contributed by atoms with Crippen molar-refractivity contribution in [1.29, 1.82) is 0 Å². The zero-order chi connectivity index (χ0) is 12.4. The third-order valence-electron chi connectivity index (χ3n) is 3.30. The van der Waals surface area contributed by atoms with Crippen LogP contribution in [0.2, 0.25) is 0 Å². The molecule has 0 spiro atoms. The smallest absolute Gasteiger partial charge is 0.145 e. The summed E-state index contributed by atoms with van der Waals surface area (Å²) >= 11 is 0. The van der Waals surface area contributed by atoms with E-state index in [-0.39, 0.29) is 6.04 Å². The zero-order valence-corrected chi connectivity index (χ0v) is 11.1. The van der Waals surface area contributed by atoms with Gasteiger partial charge < -0.3 is 5.73 Å². The second-order valence-electron chi connectivity index (χ2n) is 5.40. The Morgan fingerprint density at radius 1 is 1.35 bits per heavy atom. The molecule has 2 rings (SSSR count). The largest absolute Gasteiger partial charge is 0.321 e. The van der Waals surface area contributed by atoms with E-state index in [1.807, 2.05) is 0 Å². The van der Waals surface area contributed by atoms with Gasteiger partial charge in [0, 0.05) is 17.3 Å². The van der Waals surface area contributed by atoms with E-state index in [0.29, 0.717) is 11.8 Å². The molecule has 1 heterocycles. The van der Waals surface area contributed by atoms with Gasteiger partial charge in [0.05, 0.1) is 6.04 Å². The third-order valence-corrected chi connectivity index (χ3v) is 3.30. The van der Waals surface area contributed by atoms with Crippen LogP contribution < -0.4 is 5.73 Å². The molecule has 1 aromatic rings. The fourth-order valence-electron chi connectivity index (χ4n) is 2.00. The fourth-order valence-corrected chi connectivity index (χ4v) is 2.00. The number of nitrogens with two attached hydrogens (primary N) is 1. The van der Waals surface area contributed by atoms with Crippen LogP contribution in [0, 0.1) is 0 Å². The number of nitrogens with zero attached hydrogens (tertiary/aromatic N) is 2. The molecule has 3 nitrogen and oxygen atoms in total. The van der Waals surface area contributed by atoms with Crippen molar-refractivity contribution in [3.05, 3.63) is 23.3 Å². The summed E-state index contributed by atoms with van der Waals surface area (Å²) < 4.78 is 0. The SMILES string of the molecule is CCCC(N)c1nc(C(C)C)cc(C2CC2)n1. The second-order valence-corrected chi connectivity index (χ2v) is 5.40. The molecular weight excluding hydrogens is 210 g/mol. The van der Waals surface area contributed by atoms with Crippen LogP contribution in [-0.2, 0) is 0 Å². The van der Waals surface area contributed by atoms with E-state index in [1.54, 1.807) is 0 Å². The van der Waals surface area contributed by atoms with Gasteiger partial charge in [0.1, 0.15) is 5.82 Å². The molecule has 0 amide bonds. The Morgan fingerprint density at radius 2 is 2.06 bits per heavy atom. The van der Waals surface area contributed by atoms with Gasteiger partial charge in [-0.2, -0.15) is 0 Å². The molecule has 0 saturated heterocycles. The lowest BCUT2D eigenvalue weighted by atomic mass is 10.1. The molecule has 2 N–H and O–H groups in total. The topological polar surface area (TPSA) is 51.8 Å². The minimum atomic E-state index is -0.00352. The van der Waals surface area contributed by atoms with Crippen LogP contribution in [0.15, 0.2) is 6.07 Å². The van der Waals surface area contributed by atoms with Gasteiger partial charge in [-0.25, -0.2) is 9.97 Å². The van der Waals surface area contributed by atoms with E-state index in [1.165, 1.54) is 18.5 Å². The van der Waals surface area contributed by atoms with E-state index in [4.69, 9.17) is 5.73 Å². The fraction of sp³-hybridized carbons (Fsp3) is 0.714. The van der Waals surface area contributed by atoms with Gasteiger partial charge in [-0.1, -0.05) is 27.2 Å². The van der Waals surface area contributed by atoms with Crippen LogP contribution in [0.5, 0.6) is 0 Å². The Kier molecular flexibility index (Phi) is 3.77. The van der Waals surface area contributed by atoms with E-state index in [2.05, 4.69) is 36.8 Å². The van der Waals surface area contributed by atoms with Gasteiger partial charge in [0.25, 0.3) is 0 Å². The number of hydrogen-bond donors (Lipinski definition) is 1. The van der Waals surface area contributed by atoms with Gasteiger partial charge in [0.15, 0.2) is 0 Å². The first kappa shape index (κ1) is 12.5. The van der Waals surface area contributed by atoms with Crippen molar-refractivity contribution in [2.75, 3.05) is 0 Å². The third kappa shape index (κ3) is 3.03. The van der Waals surface area contributed by atoms with E-state index in [9.17, 15) is 0 Å². The zero-order valence-electron chi connectivity index (χ0n) is 11.1. The van der Waals surface area contributed by atoms with E-state index < -0.39 is 0 Å². The second kappa shape index (κ2) is 5.13. The maximum Gasteiger partial charge on any atom is 0.145 e. The number of hydrogen-bond acceptors (Lipinski definition) is 3. The van der Waals surface area contributed by atoms with Crippen molar-refractivity contribution in [2.24, 2.45) is 5.73 Å². The average molecular weight is 233 g/mol. The first-order valence-electron chi connectivity index (χ1n) is 6.76. The molecule has 0 aliphatic heterocycles. The highest BCUT2D eigenvalue weighted by Crippen LogP contribution is 2.39. The summed E-state index contributed by atoms with van der Waals surface area (Å²) in [5.41, 5.74) is 8.49. The Bertz CT molecular complexity index is 363. The molecule has 1 atom stereocenters. The average Bonchev–Trinajstić information content (AvgIpc) is 3.12. The summed E-state index contributed by atoms with van der Waals surface area (Å²) in [5, 5.41) is 0. The normalized spacial score (nSPS) is 17.5. The molecule has 1 fully saturated rings. The van der Waals surface area contributed by atoms with Crippen LogP contribution in [-0.4, -0.2) is 9.97 Å². The summed E-state index contributed by atoms with van der Waals surface area (Å²) in [7, 11) is 0. The summed E-state index contributed by atoms with van der Waals surface area (Å²) in [5.74, 6) is 1.96. The summed E-state index contributed by atoms with van der Waals surface area (Å²) in [6.07, 6.45) is 4.59. The van der Waals surface area contributed by atoms with Gasteiger partial charge in [0.2, 0.25) is 0 Å². The van der Waals surface area contributed by atoms with Gasteiger partial charge in [-0.15, -0.1) is 0 Å². The summed E-state index contributed by atoms with van der Waals surface area (Å²) in [4.78, 5) is 9.29. The highest BCUT2D eigenvalue weighted by Gasteiger charge is 2.27. The van der Waals surface area contributed by atoms with Crippen LogP contribution in [0.3, 0.4) is 0 Å². The van der Waals surface area contributed by atoms with Crippen molar-refractivity contribution in [3.8, 4) is 0 Å². The lowest BCUT2D eigenvalue weighted by molar-refractivity contribution is 0.589. The molecule has 1 aliphatic carbocycles. The molecule has 0 radical (unpaired) electrons. The summed E-state index contributed by atoms with van der Waals surface area (Å²) in [6, 6.07) is 2.17. The van der Waals surface area contributed by atoms with Crippen molar-refractivity contribution in [1.82, 2.24) is 9.97 Å². The predicted molar refractivity (Wildman–Crippen MR) is 69.9 cm³/mol. The van der Waals surface area contributed by atoms with Crippen molar-refractivity contribution < 1.29 is 0 Å². The van der Waals surface area contributed by atoms with Gasteiger partial charge in [-0.05, 0) is 31.2 Å². The van der Waals surface area contributed by atoms with Crippen molar-refractivity contribution in [3.63, 3.8) is 0 Å². The highest BCUT2D eigenvalue weighted by atomic mass is 14.9. The monoisotopic (exact) mass is 233 g/mol. The van der Waals surface area contributed by atoms with E-state index in [0.717, 1.165) is 24.4 Å². The van der Waals surface area contributed by atoms with Gasteiger partial charge >= 0.3 is 0 Å². The Hall–Kier alpha value is -0.960. The lowest BCUT2D eigenvalue weighted by Crippen LogP contribution is -2.16. The Balaban J connectivity index is 2.30. The molecule has 0 bridgehead atoms. The molecule has 0 aromatic carbocycles. The van der Waals surface area contributed by atoms with Crippen molar-refractivity contribution >= 4 is 0 Å². The minimum Gasteiger partial charge on any atom is -0.321 e. The van der Waals surface area contributed by atoms with Crippen LogP contribution in [0.25, 0.3) is 0 Å². The number of rotatable bonds is 5. The molecule has 3 heteroatoms. The molecule has 17 heavy (non-hydrogen) atoms. The van der Waals surface area contributed by atoms with Crippen molar-refractivity contribution in [2.45, 2.75) is 64.3 Å². The van der Waals surface area contributed by atoms with Crippen LogP contribution in [0.4, 0.5) is 0 Å². The molecule has 1 aliphatic rings.